The fraction of sp³-hybridized carbons (Fsp3) is 0.250. The first kappa shape index (κ1) is 14.6. The van der Waals surface area contributed by atoms with Crippen molar-refractivity contribution in [2.75, 3.05) is 0 Å². The van der Waals surface area contributed by atoms with Crippen LogP contribution < -0.4 is 4.18 Å². The van der Waals surface area contributed by atoms with Gasteiger partial charge in [-0.25, -0.2) is 0 Å². The highest BCUT2D eigenvalue weighted by molar-refractivity contribution is 7.87. The molecule has 0 amide bonds. The lowest BCUT2D eigenvalue weighted by atomic mass is 9.98. The van der Waals surface area contributed by atoms with Gasteiger partial charge in [-0.15, -0.1) is 0 Å². The third-order valence-corrected chi connectivity index (χ3v) is 4.54. The molecule has 1 unspecified atom stereocenters. The fourth-order valence-electron chi connectivity index (χ4n) is 1.94. The van der Waals surface area contributed by atoms with Gasteiger partial charge in [-0.1, -0.05) is 50.2 Å². The van der Waals surface area contributed by atoms with Crippen LogP contribution in [0, 0.1) is 0 Å². The van der Waals surface area contributed by atoms with Crippen LogP contribution in [0.4, 0.5) is 0 Å². The van der Waals surface area contributed by atoms with Crippen LogP contribution in [0.15, 0.2) is 59.5 Å². The molecule has 1 atom stereocenters. The Morgan fingerprint density at radius 1 is 1.00 bits per heavy atom. The summed E-state index contributed by atoms with van der Waals surface area (Å²) in [6, 6.07) is 15.5. The topological polar surface area (TPSA) is 43.4 Å². The summed E-state index contributed by atoms with van der Waals surface area (Å²) in [6.07, 6.45) is 0.922. The molecule has 4 heteroatoms. The van der Waals surface area contributed by atoms with E-state index in [9.17, 15) is 8.42 Å². The van der Waals surface area contributed by atoms with Crippen LogP contribution in [-0.2, 0) is 10.1 Å². The quantitative estimate of drug-likeness (QED) is 0.783. The van der Waals surface area contributed by atoms with Crippen LogP contribution in [0.1, 0.15) is 31.7 Å². The molecule has 0 fully saturated rings. The van der Waals surface area contributed by atoms with Gasteiger partial charge in [0.2, 0.25) is 0 Å². The SMILES string of the molecule is CCC(C)c1ccccc1OS(=O)(=O)c1ccccc1. The summed E-state index contributed by atoms with van der Waals surface area (Å²) in [5.41, 5.74) is 0.912. The molecular formula is C16H18O3S. The molecule has 0 saturated carbocycles. The van der Waals surface area contributed by atoms with Gasteiger partial charge in [0.1, 0.15) is 10.6 Å². The molecular weight excluding hydrogens is 272 g/mol. The van der Waals surface area contributed by atoms with Crippen molar-refractivity contribution in [3.05, 3.63) is 60.2 Å². The van der Waals surface area contributed by atoms with Gasteiger partial charge in [-0.05, 0) is 36.1 Å². The third-order valence-electron chi connectivity index (χ3n) is 3.29. The molecule has 0 heterocycles. The van der Waals surface area contributed by atoms with Crippen molar-refractivity contribution in [1.82, 2.24) is 0 Å². The van der Waals surface area contributed by atoms with Crippen molar-refractivity contribution in [1.29, 1.82) is 0 Å². The molecule has 2 aromatic rings. The van der Waals surface area contributed by atoms with E-state index >= 15 is 0 Å². The summed E-state index contributed by atoms with van der Waals surface area (Å²) in [5, 5.41) is 0. The zero-order valence-corrected chi connectivity index (χ0v) is 12.4. The largest absolute Gasteiger partial charge is 0.379 e. The van der Waals surface area contributed by atoms with Crippen LogP contribution in [0.25, 0.3) is 0 Å². The van der Waals surface area contributed by atoms with Gasteiger partial charge >= 0.3 is 10.1 Å². The molecule has 3 nitrogen and oxygen atoms in total. The van der Waals surface area contributed by atoms with Crippen molar-refractivity contribution in [3.63, 3.8) is 0 Å². The number of benzene rings is 2. The Morgan fingerprint density at radius 3 is 2.25 bits per heavy atom. The number of rotatable bonds is 5. The number of para-hydroxylation sites is 1. The van der Waals surface area contributed by atoms with Crippen molar-refractivity contribution in [3.8, 4) is 5.75 Å². The Kier molecular flexibility index (Phi) is 4.45. The van der Waals surface area contributed by atoms with Crippen molar-refractivity contribution >= 4 is 10.1 Å². The zero-order valence-electron chi connectivity index (χ0n) is 11.6. The van der Waals surface area contributed by atoms with E-state index in [-0.39, 0.29) is 10.8 Å². The van der Waals surface area contributed by atoms with E-state index in [1.165, 1.54) is 12.1 Å². The maximum Gasteiger partial charge on any atom is 0.339 e. The minimum Gasteiger partial charge on any atom is -0.379 e. The van der Waals surface area contributed by atoms with Gasteiger partial charge < -0.3 is 4.18 Å². The Bertz CT molecular complexity index is 663. The molecule has 0 aliphatic carbocycles. The molecule has 20 heavy (non-hydrogen) atoms. The predicted octanol–water partition coefficient (Wildman–Crippen LogP) is 3.97. The lowest BCUT2D eigenvalue weighted by molar-refractivity contribution is 0.479. The Hall–Kier alpha value is -1.81. The summed E-state index contributed by atoms with van der Waals surface area (Å²) in [7, 11) is -3.78. The first-order valence-electron chi connectivity index (χ1n) is 6.63. The van der Waals surface area contributed by atoms with E-state index in [1.807, 2.05) is 12.1 Å². The van der Waals surface area contributed by atoms with Crippen LogP contribution in [0.2, 0.25) is 0 Å². The van der Waals surface area contributed by atoms with E-state index in [0.29, 0.717) is 5.75 Å². The van der Waals surface area contributed by atoms with Gasteiger partial charge in [0.25, 0.3) is 0 Å². The second-order valence-corrected chi connectivity index (χ2v) is 6.24. The first-order valence-corrected chi connectivity index (χ1v) is 8.04. The Morgan fingerprint density at radius 2 is 1.60 bits per heavy atom. The molecule has 2 rings (SSSR count). The molecule has 0 N–H and O–H groups in total. The highest BCUT2D eigenvalue weighted by Gasteiger charge is 2.19. The Balaban J connectivity index is 2.36. The van der Waals surface area contributed by atoms with E-state index in [4.69, 9.17) is 4.18 Å². The van der Waals surface area contributed by atoms with Crippen LogP contribution in [-0.4, -0.2) is 8.42 Å². The minimum absolute atomic E-state index is 0.166. The zero-order chi connectivity index (χ0) is 14.6. The molecule has 0 aliphatic heterocycles. The normalized spacial score (nSPS) is 12.9. The second-order valence-electron chi connectivity index (χ2n) is 4.70. The first-order chi connectivity index (χ1) is 9.54. The smallest absolute Gasteiger partial charge is 0.339 e. The molecule has 2 aromatic carbocycles. The van der Waals surface area contributed by atoms with Crippen molar-refractivity contribution in [2.24, 2.45) is 0 Å². The van der Waals surface area contributed by atoms with E-state index < -0.39 is 10.1 Å². The maximum absolute atomic E-state index is 12.2. The van der Waals surface area contributed by atoms with Gasteiger partial charge in [0, 0.05) is 0 Å². The minimum atomic E-state index is -3.78. The molecule has 0 aliphatic rings. The van der Waals surface area contributed by atoms with E-state index in [0.717, 1.165) is 12.0 Å². The predicted molar refractivity (Wildman–Crippen MR) is 79.4 cm³/mol. The summed E-state index contributed by atoms with van der Waals surface area (Å²) >= 11 is 0. The molecule has 0 aromatic heterocycles. The Labute approximate surface area is 120 Å². The summed E-state index contributed by atoms with van der Waals surface area (Å²) in [5.74, 6) is 0.655. The number of hydrogen-bond donors (Lipinski definition) is 0. The standard InChI is InChI=1S/C16H18O3S/c1-3-13(2)15-11-7-8-12-16(15)19-20(17,18)14-9-5-4-6-10-14/h4-13H,3H2,1-2H3. The molecule has 0 spiro atoms. The molecule has 106 valence electrons. The fourth-order valence-corrected chi connectivity index (χ4v) is 2.91. The number of hydrogen-bond acceptors (Lipinski definition) is 3. The van der Waals surface area contributed by atoms with Crippen LogP contribution in [0.5, 0.6) is 5.75 Å². The maximum atomic E-state index is 12.2. The van der Waals surface area contributed by atoms with Crippen LogP contribution >= 0.6 is 0 Å². The average Bonchev–Trinajstić information content (AvgIpc) is 2.47. The lowest BCUT2D eigenvalue weighted by Gasteiger charge is -2.15. The summed E-state index contributed by atoms with van der Waals surface area (Å²) in [4.78, 5) is 0.166. The van der Waals surface area contributed by atoms with E-state index in [2.05, 4.69) is 13.8 Å². The summed E-state index contributed by atoms with van der Waals surface area (Å²) < 4.78 is 29.8. The third kappa shape index (κ3) is 3.20. The molecule has 0 saturated heterocycles. The van der Waals surface area contributed by atoms with Gasteiger partial charge in [-0.3, -0.25) is 0 Å². The average molecular weight is 290 g/mol. The van der Waals surface area contributed by atoms with Gasteiger partial charge in [-0.2, -0.15) is 8.42 Å². The summed E-state index contributed by atoms with van der Waals surface area (Å²) in [6.45, 7) is 4.12. The lowest BCUT2D eigenvalue weighted by Crippen LogP contribution is -2.11. The van der Waals surface area contributed by atoms with Gasteiger partial charge in [0.05, 0.1) is 0 Å². The highest BCUT2D eigenvalue weighted by atomic mass is 32.2. The van der Waals surface area contributed by atoms with Crippen molar-refractivity contribution in [2.45, 2.75) is 31.1 Å². The monoisotopic (exact) mass is 290 g/mol. The highest BCUT2D eigenvalue weighted by Crippen LogP contribution is 2.30. The van der Waals surface area contributed by atoms with Crippen LogP contribution in [0.3, 0.4) is 0 Å². The second kappa shape index (κ2) is 6.09. The van der Waals surface area contributed by atoms with E-state index in [1.54, 1.807) is 30.3 Å². The van der Waals surface area contributed by atoms with Gasteiger partial charge in [0.15, 0.2) is 0 Å². The van der Waals surface area contributed by atoms with Crippen molar-refractivity contribution < 1.29 is 12.6 Å². The molecule has 0 bridgehead atoms. The molecule has 0 radical (unpaired) electrons.